The molecular formula is C16H15F3N6O. The largest absolute Gasteiger partial charge is 0.472 e. The Kier molecular flexibility index (Phi) is 5.18. The molecular weight excluding hydrogens is 349 g/mol. The quantitative estimate of drug-likeness (QED) is 0.861. The normalized spacial score (nSPS) is 17.4. The second kappa shape index (κ2) is 7.53. The number of nitriles is 1. The first-order valence-corrected chi connectivity index (χ1v) is 7.90. The van der Waals surface area contributed by atoms with Crippen molar-refractivity contribution in [2.24, 2.45) is 0 Å². The molecule has 26 heavy (non-hydrogen) atoms. The van der Waals surface area contributed by atoms with E-state index in [9.17, 15) is 13.2 Å². The van der Waals surface area contributed by atoms with Gasteiger partial charge in [-0.2, -0.15) is 23.4 Å². The van der Waals surface area contributed by atoms with E-state index in [1.165, 1.54) is 12.3 Å². The number of halogens is 3. The maximum atomic E-state index is 13.2. The summed E-state index contributed by atoms with van der Waals surface area (Å²) in [6.07, 6.45) is -1.48. The highest BCUT2D eigenvalue weighted by Gasteiger charge is 2.37. The number of hydrogen-bond donors (Lipinski definition) is 2. The molecule has 0 aliphatic carbocycles. The molecule has 0 radical (unpaired) electrons. The average molecular weight is 364 g/mol. The summed E-state index contributed by atoms with van der Waals surface area (Å²) in [5, 5.41) is 14.6. The summed E-state index contributed by atoms with van der Waals surface area (Å²) in [5.74, 6) is -0.561. The number of rotatable bonds is 4. The van der Waals surface area contributed by atoms with Crippen LogP contribution < -0.4 is 15.4 Å². The molecule has 3 heterocycles. The van der Waals surface area contributed by atoms with Crippen LogP contribution in [0.4, 0.5) is 24.8 Å². The van der Waals surface area contributed by atoms with Crippen LogP contribution in [0.2, 0.25) is 0 Å². The van der Waals surface area contributed by atoms with Crippen LogP contribution in [-0.2, 0) is 6.18 Å². The highest BCUT2D eigenvalue weighted by molar-refractivity contribution is 5.53. The number of anilines is 2. The van der Waals surface area contributed by atoms with E-state index in [-0.39, 0.29) is 17.7 Å². The lowest BCUT2D eigenvalue weighted by molar-refractivity contribution is -0.140. The van der Waals surface area contributed by atoms with E-state index >= 15 is 0 Å². The fourth-order valence-corrected chi connectivity index (χ4v) is 2.45. The molecule has 0 amide bonds. The van der Waals surface area contributed by atoms with E-state index in [2.05, 4.69) is 25.6 Å². The van der Waals surface area contributed by atoms with Gasteiger partial charge in [-0.25, -0.2) is 9.97 Å². The lowest BCUT2D eigenvalue weighted by atomic mass is 10.1. The average Bonchev–Trinajstić information content (AvgIpc) is 2.62. The van der Waals surface area contributed by atoms with Crippen LogP contribution in [0.5, 0.6) is 5.88 Å². The molecule has 1 aliphatic rings. The number of piperidine rings is 1. The fraction of sp³-hybridized carbons (Fsp3) is 0.375. The third-order valence-electron chi connectivity index (χ3n) is 3.72. The van der Waals surface area contributed by atoms with Crippen molar-refractivity contribution in [1.82, 2.24) is 20.3 Å². The van der Waals surface area contributed by atoms with Gasteiger partial charge in [0, 0.05) is 12.7 Å². The van der Waals surface area contributed by atoms with Gasteiger partial charge in [0.05, 0.1) is 11.9 Å². The van der Waals surface area contributed by atoms with Crippen molar-refractivity contribution in [2.75, 3.05) is 18.4 Å². The van der Waals surface area contributed by atoms with E-state index in [0.29, 0.717) is 24.8 Å². The minimum atomic E-state index is -4.62. The Morgan fingerprint density at radius 1 is 1.27 bits per heavy atom. The van der Waals surface area contributed by atoms with Crippen molar-refractivity contribution < 1.29 is 17.9 Å². The molecule has 2 aromatic rings. The van der Waals surface area contributed by atoms with Crippen LogP contribution in [0.25, 0.3) is 0 Å². The summed E-state index contributed by atoms with van der Waals surface area (Å²) in [5.41, 5.74) is -0.363. The maximum Gasteiger partial charge on any atom is 0.423 e. The second-order valence-electron chi connectivity index (χ2n) is 5.67. The molecule has 2 aromatic heterocycles. The number of hydrogen-bond acceptors (Lipinski definition) is 7. The van der Waals surface area contributed by atoms with Crippen molar-refractivity contribution in [1.29, 1.82) is 5.26 Å². The number of nitrogens with zero attached hydrogens (tertiary/aromatic N) is 4. The van der Waals surface area contributed by atoms with E-state index in [4.69, 9.17) is 10.00 Å². The van der Waals surface area contributed by atoms with Gasteiger partial charge in [-0.05, 0) is 31.5 Å². The Labute approximate surface area is 147 Å². The third-order valence-corrected chi connectivity index (χ3v) is 3.72. The number of nitrogens with one attached hydrogen (secondary N) is 2. The lowest BCUT2D eigenvalue weighted by Crippen LogP contribution is -2.37. The van der Waals surface area contributed by atoms with Crippen LogP contribution in [0.3, 0.4) is 0 Å². The monoisotopic (exact) mass is 364 g/mol. The van der Waals surface area contributed by atoms with Gasteiger partial charge in [0.1, 0.15) is 23.4 Å². The first-order valence-electron chi connectivity index (χ1n) is 7.90. The Morgan fingerprint density at radius 3 is 2.73 bits per heavy atom. The standard InChI is InChI=1S/C16H15F3N6O/c17-16(18,19)13-9-23-15(24-11-4-3-10(6-20)22-7-11)25-14(13)26-12-2-1-5-21-8-12/h3-4,7,9,12,21H,1-2,5,8H2,(H,23,24,25). The molecule has 1 fully saturated rings. The SMILES string of the molecule is N#Cc1ccc(Nc2ncc(C(F)(F)F)c(OC3CCCNC3)n2)cn1. The summed E-state index contributed by atoms with van der Waals surface area (Å²) in [4.78, 5) is 11.5. The summed E-state index contributed by atoms with van der Waals surface area (Å²) < 4.78 is 45.1. The smallest absolute Gasteiger partial charge is 0.423 e. The van der Waals surface area contributed by atoms with Gasteiger partial charge < -0.3 is 15.4 Å². The molecule has 1 saturated heterocycles. The topological polar surface area (TPSA) is 95.8 Å². The first-order chi connectivity index (χ1) is 12.5. The summed E-state index contributed by atoms with van der Waals surface area (Å²) >= 11 is 0. The molecule has 1 aliphatic heterocycles. The summed E-state index contributed by atoms with van der Waals surface area (Å²) in [7, 11) is 0. The van der Waals surface area contributed by atoms with E-state index in [1.54, 1.807) is 6.07 Å². The Morgan fingerprint density at radius 2 is 2.12 bits per heavy atom. The minimum absolute atomic E-state index is 0.0525. The zero-order valence-corrected chi connectivity index (χ0v) is 13.5. The highest BCUT2D eigenvalue weighted by atomic mass is 19.4. The van der Waals surface area contributed by atoms with E-state index < -0.39 is 17.6 Å². The van der Waals surface area contributed by atoms with Crippen molar-refractivity contribution in [3.05, 3.63) is 35.8 Å². The molecule has 0 saturated carbocycles. The predicted molar refractivity (Wildman–Crippen MR) is 85.8 cm³/mol. The van der Waals surface area contributed by atoms with E-state index in [0.717, 1.165) is 13.0 Å². The second-order valence-corrected chi connectivity index (χ2v) is 5.67. The molecule has 1 unspecified atom stereocenters. The number of aromatic nitrogens is 3. The van der Waals surface area contributed by atoms with Crippen LogP contribution in [0.15, 0.2) is 24.5 Å². The van der Waals surface area contributed by atoms with E-state index in [1.807, 2.05) is 6.07 Å². The van der Waals surface area contributed by atoms with Gasteiger partial charge in [-0.15, -0.1) is 0 Å². The highest BCUT2D eigenvalue weighted by Crippen LogP contribution is 2.36. The molecule has 3 rings (SSSR count). The molecule has 10 heteroatoms. The first kappa shape index (κ1) is 17.9. The van der Waals surface area contributed by atoms with Crippen molar-refractivity contribution in [3.8, 4) is 11.9 Å². The number of pyridine rings is 1. The van der Waals surface area contributed by atoms with Gasteiger partial charge in [0.25, 0.3) is 0 Å². The zero-order valence-electron chi connectivity index (χ0n) is 13.5. The third kappa shape index (κ3) is 4.37. The number of alkyl halides is 3. The van der Waals surface area contributed by atoms with Crippen molar-refractivity contribution >= 4 is 11.6 Å². The van der Waals surface area contributed by atoms with Crippen LogP contribution >= 0.6 is 0 Å². The molecule has 0 bridgehead atoms. The number of ether oxygens (including phenoxy) is 1. The van der Waals surface area contributed by atoms with Gasteiger partial charge in [0.15, 0.2) is 0 Å². The molecule has 2 N–H and O–H groups in total. The van der Waals surface area contributed by atoms with Crippen LogP contribution in [0.1, 0.15) is 24.1 Å². The minimum Gasteiger partial charge on any atom is -0.472 e. The maximum absolute atomic E-state index is 13.2. The van der Waals surface area contributed by atoms with Gasteiger partial charge >= 0.3 is 6.18 Å². The summed E-state index contributed by atoms with van der Waals surface area (Å²) in [6.45, 7) is 1.28. The van der Waals surface area contributed by atoms with Gasteiger partial charge in [-0.3, -0.25) is 0 Å². The molecule has 7 nitrogen and oxygen atoms in total. The Hall–Kier alpha value is -2.93. The fourth-order valence-electron chi connectivity index (χ4n) is 2.45. The van der Waals surface area contributed by atoms with Crippen LogP contribution in [-0.4, -0.2) is 34.1 Å². The lowest BCUT2D eigenvalue weighted by Gasteiger charge is -2.24. The van der Waals surface area contributed by atoms with Gasteiger partial charge in [-0.1, -0.05) is 0 Å². The van der Waals surface area contributed by atoms with Gasteiger partial charge in [0.2, 0.25) is 11.8 Å². The molecule has 136 valence electrons. The van der Waals surface area contributed by atoms with Crippen LogP contribution in [0, 0.1) is 11.3 Å². The Bertz CT molecular complexity index is 797. The zero-order chi connectivity index (χ0) is 18.6. The van der Waals surface area contributed by atoms with Crippen molar-refractivity contribution in [3.63, 3.8) is 0 Å². The predicted octanol–water partition coefficient (Wildman–Crippen LogP) is 2.64. The Balaban J connectivity index is 1.84. The summed E-state index contributed by atoms with van der Waals surface area (Å²) in [6, 6.07) is 4.90. The van der Waals surface area contributed by atoms with Crippen molar-refractivity contribution in [2.45, 2.75) is 25.1 Å². The molecule has 0 spiro atoms. The molecule has 0 aromatic carbocycles. The molecule has 1 atom stereocenters.